The predicted molar refractivity (Wildman–Crippen MR) is 83.6 cm³/mol. The number of carboxylic acid groups (broad SMARTS) is 1. The molecule has 0 aliphatic heterocycles. The van der Waals surface area contributed by atoms with Gasteiger partial charge in [0.05, 0.1) is 0 Å². The molecule has 120 valence electrons. The highest BCUT2D eigenvalue weighted by molar-refractivity contribution is 5.64. The van der Waals surface area contributed by atoms with Crippen LogP contribution >= 0.6 is 0 Å². The maximum Gasteiger partial charge on any atom is 0.102 e. The van der Waals surface area contributed by atoms with E-state index >= 15 is 0 Å². The molecule has 1 aliphatic rings. The topological polar surface area (TPSA) is 60.4 Å². The number of aliphatic carboxylic acids is 1. The van der Waals surface area contributed by atoms with Crippen molar-refractivity contribution in [2.45, 2.75) is 67.7 Å². The third-order valence-electron chi connectivity index (χ3n) is 4.79. The van der Waals surface area contributed by atoms with Crippen LogP contribution in [0.15, 0.2) is 23.0 Å². The van der Waals surface area contributed by atoms with Gasteiger partial charge in [-0.05, 0) is 42.6 Å². The summed E-state index contributed by atoms with van der Waals surface area (Å²) in [6, 6.07) is 0. The molecule has 0 aromatic heterocycles. The molecule has 0 fully saturated rings. The van der Waals surface area contributed by atoms with E-state index in [1.165, 1.54) is 0 Å². The summed E-state index contributed by atoms with van der Waals surface area (Å²) in [6.07, 6.45) is 3.24. The van der Waals surface area contributed by atoms with Crippen LogP contribution in [0.2, 0.25) is 0 Å². The van der Waals surface area contributed by atoms with Crippen molar-refractivity contribution in [2.24, 2.45) is 16.2 Å². The van der Waals surface area contributed by atoms with Crippen molar-refractivity contribution in [2.75, 3.05) is 0 Å². The number of hydrogen-bond donors (Lipinski definition) is 1. The lowest BCUT2D eigenvalue weighted by Crippen LogP contribution is -2.37. The van der Waals surface area contributed by atoms with Crippen molar-refractivity contribution in [3.8, 4) is 0 Å². The SMILES string of the molecule is CC(C)(C)C1=C(O)C(C)(C(C)(C)C)C=C(CCC(=O)[O-])C1. The van der Waals surface area contributed by atoms with Crippen LogP contribution in [-0.4, -0.2) is 11.1 Å². The second-order valence-electron chi connectivity index (χ2n) is 8.38. The lowest BCUT2D eigenvalue weighted by atomic mass is 9.60. The van der Waals surface area contributed by atoms with Crippen LogP contribution in [0.4, 0.5) is 0 Å². The van der Waals surface area contributed by atoms with E-state index in [1.807, 2.05) is 6.92 Å². The Balaban J connectivity index is 3.31. The molecule has 0 saturated heterocycles. The highest BCUT2D eigenvalue weighted by Gasteiger charge is 2.44. The van der Waals surface area contributed by atoms with Gasteiger partial charge in [0.15, 0.2) is 0 Å². The highest BCUT2D eigenvalue weighted by atomic mass is 16.4. The molecule has 21 heavy (non-hydrogen) atoms. The number of carbonyl (C=O) groups excluding carboxylic acids is 1. The molecule has 0 amide bonds. The number of carboxylic acids is 1. The second-order valence-corrected chi connectivity index (χ2v) is 8.38. The molecule has 0 aromatic rings. The van der Waals surface area contributed by atoms with Crippen molar-refractivity contribution < 1.29 is 15.0 Å². The molecule has 0 radical (unpaired) electrons. The molecule has 0 heterocycles. The van der Waals surface area contributed by atoms with E-state index in [9.17, 15) is 15.0 Å². The monoisotopic (exact) mass is 293 g/mol. The Morgan fingerprint density at radius 3 is 2.19 bits per heavy atom. The minimum atomic E-state index is -1.02. The molecular formula is C18H29O3-. The number of aliphatic hydroxyl groups excluding tert-OH is 1. The molecule has 1 N–H and O–H groups in total. The molecule has 0 spiro atoms. The molecule has 3 heteroatoms. The second kappa shape index (κ2) is 5.51. The predicted octanol–water partition coefficient (Wildman–Crippen LogP) is 3.76. The fraction of sp³-hybridized carbons (Fsp3) is 0.722. The smallest absolute Gasteiger partial charge is 0.102 e. The molecule has 0 aromatic carbocycles. The lowest BCUT2D eigenvalue weighted by molar-refractivity contribution is -0.305. The molecular weight excluding hydrogens is 264 g/mol. The Hall–Kier alpha value is -1.25. The maximum absolute atomic E-state index is 10.9. The summed E-state index contributed by atoms with van der Waals surface area (Å²) >= 11 is 0. The fourth-order valence-electron chi connectivity index (χ4n) is 2.77. The van der Waals surface area contributed by atoms with Crippen molar-refractivity contribution in [1.82, 2.24) is 0 Å². The number of allylic oxidation sites excluding steroid dienone is 3. The van der Waals surface area contributed by atoms with Crippen LogP contribution in [0.5, 0.6) is 0 Å². The Bertz CT molecular complexity index is 484. The molecule has 1 rings (SSSR count). The zero-order valence-electron chi connectivity index (χ0n) is 14.5. The van der Waals surface area contributed by atoms with Crippen LogP contribution in [0.3, 0.4) is 0 Å². The molecule has 1 aliphatic carbocycles. The molecule has 1 atom stereocenters. The average molecular weight is 293 g/mol. The van der Waals surface area contributed by atoms with E-state index in [4.69, 9.17) is 0 Å². The van der Waals surface area contributed by atoms with Gasteiger partial charge in [0.1, 0.15) is 5.76 Å². The summed E-state index contributed by atoms with van der Waals surface area (Å²) in [4.78, 5) is 10.7. The first kappa shape index (κ1) is 17.8. The number of hydrogen-bond acceptors (Lipinski definition) is 3. The van der Waals surface area contributed by atoms with Gasteiger partial charge < -0.3 is 15.0 Å². The minimum absolute atomic E-state index is 0.0320. The summed E-state index contributed by atoms with van der Waals surface area (Å²) < 4.78 is 0. The zero-order chi connectivity index (χ0) is 16.6. The van der Waals surface area contributed by atoms with Crippen molar-refractivity contribution >= 4 is 5.97 Å². The largest absolute Gasteiger partial charge is 0.550 e. The van der Waals surface area contributed by atoms with Gasteiger partial charge in [-0.25, -0.2) is 0 Å². The maximum atomic E-state index is 10.9. The van der Waals surface area contributed by atoms with Crippen LogP contribution < -0.4 is 5.11 Å². The van der Waals surface area contributed by atoms with Crippen LogP contribution in [0, 0.1) is 16.2 Å². The normalized spacial score (nSPS) is 24.0. The van der Waals surface area contributed by atoms with Gasteiger partial charge in [-0.3, -0.25) is 0 Å². The van der Waals surface area contributed by atoms with E-state index in [1.54, 1.807) is 0 Å². The quantitative estimate of drug-likeness (QED) is 0.806. The first-order valence-electron chi connectivity index (χ1n) is 7.62. The van der Waals surface area contributed by atoms with Crippen molar-refractivity contribution in [3.05, 3.63) is 23.0 Å². The van der Waals surface area contributed by atoms with Gasteiger partial charge >= 0.3 is 0 Å². The van der Waals surface area contributed by atoms with E-state index in [0.29, 0.717) is 18.6 Å². The summed E-state index contributed by atoms with van der Waals surface area (Å²) in [5.41, 5.74) is 1.32. The van der Waals surface area contributed by atoms with Gasteiger partial charge in [0.2, 0.25) is 0 Å². The van der Waals surface area contributed by atoms with Gasteiger partial charge in [0.25, 0.3) is 0 Å². The van der Waals surface area contributed by atoms with Gasteiger partial charge in [-0.2, -0.15) is 0 Å². The summed E-state index contributed by atoms with van der Waals surface area (Å²) in [5, 5.41) is 21.6. The van der Waals surface area contributed by atoms with Crippen molar-refractivity contribution in [1.29, 1.82) is 0 Å². The summed E-state index contributed by atoms with van der Waals surface area (Å²) in [6.45, 7) is 14.6. The Kier molecular flexibility index (Phi) is 4.67. The highest BCUT2D eigenvalue weighted by Crippen LogP contribution is 2.52. The van der Waals surface area contributed by atoms with Crippen molar-refractivity contribution in [3.63, 3.8) is 0 Å². The molecule has 3 nitrogen and oxygen atoms in total. The average Bonchev–Trinajstić information content (AvgIpc) is 2.27. The number of rotatable bonds is 3. The Labute approximate surface area is 128 Å². The van der Waals surface area contributed by atoms with Gasteiger partial charge in [0, 0.05) is 11.4 Å². The third-order valence-corrected chi connectivity index (χ3v) is 4.79. The standard InChI is InChI=1S/C18H30O3/c1-16(2,3)13-10-12(8-9-14(19)20)11-18(7,15(13)21)17(4,5)6/h11,21H,8-10H2,1-7H3,(H,19,20)/p-1. The number of carbonyl (C=O) groups is 1. The summed E-state index contributed by atoms with van der Waals surface area (Å²) in [5.74, 6) is -0.579. The third kappa shape index (κ3) is 3.69. The van der Waals surface area contributed by atoms with E-state index in [2.05, 4.69) is 47.6 Å². The fourth-order valence-corrected chi connectivity index (χ4v) is 2.77. The first-order valence-corrected chi connectivity index (χ1v) is 7.62. The Morgan fingerprint density at radius 1 is 1.29 bits per heavy atom. The zero-order valence-corrected chi connectivity index (χ0v) is 14.5. The Morgan fingerprint density at radius 2 is 1.81 bits per heavy atom. The van der Waals surface area contributed by atoms with E-state index < -0.39 is 11.4 Å². The van der Waals surface area contributed by atoms with Gasteiger partial charge in [-0.15, -0.1) is 0 Å². The van der Waals surface area contributed by atoms with Crippen LogP contribution in [-0.2, 0) is 4.79 Å². The van der Waals surface area contributed by atoms with E-state index in [0.717, 1.165) is 11.1 Å². The van der Waals surface area contributed by atoms with E-state index in [-0.39, 0.29) is 17.3 Å². The molecule has 1 unspecified atom stereocenters. The minimum Gasteiger partial charge on any atom is -0.550 e. The van der Waals surface area contributed by atoms with Crippen LogP contribution in [0.25, 0.3) is 0 Å². The van der Waals surface area contributed by atoms with Gasteiger partial charge in [-0.1, -0.05) is 53.2 Å². The number of aliphatic hydroxyl groups is 1. The molecule has 0 saturated carbocycles. The lowest BCUT2D eigenvalue weighted by Gasteiger charge is -2.45. The molecule has 0 bridgehead atoms. The van der Waals surface area contributed by atoms with Crippen LogP contribution in [0.1, 0.15) is 67.7 Å². The summed E-state index contributed by atoms with van der Waals surface area (Å²) in [7, 11) is 0. The first-order chi connectivity index (χ1) is 9.29.